The third kappa shape index (κ3) is 3.14. The zero-order chi connectivity index (χ0) is 10.4. The Morgan fingerprint density at radius 2 is 2.14 bits per heavy atom. The van der Waals surface area contributed by atoms with E-state index in [9.17, 15) is 4.79 Å². The van der Waals surface area contributed by atoms with Crippen LogP contribution in [0.15, 0.2) is 29.4 Å². The fraction of sp³-hybridized carbons (Fsp3) is 0.111. The van der Waals surface area contributed by atoms with Gasteiger partial charge in [0.2, 0.25) is 0 Å². The summed E-state index contributed by atoms with van der Waals surface area (Å²) in [4.78, 5) is 10.3. The summed E-state index contributed by atoms with van der Waals surface area (Å²) in [7, 11) is 1.59. The number of urea groups is 1. The summed E-state index contributed by atoms with van der Waals surface area (Å²) in [5.41, 5.74) is 7.76. The van der Waals surface area contributed by atoms with Crippen molar-refractivity contribution < 1.29 is 9.53 Å². The summed E-state index contributed by atoms with van der Waals surface area (Å²) in [6.45, 7) is 0. The molecule has 0 saturated heterocycles. The molecule has 74 valence electrons. The molecule has 1 aromatic carbocycles. The average molecular weight is 193 g/mol. The first kappa shape index (κ1) is 10.0. The SMILES string of the molecule is COc1ccc(/C=N\NC(N)=O)cc1. The number of methoxy groups -OCH3 is 1. The molecule has 0 aliphatic carbocycles. The fourth-order valence-corrected chi connectivity index (χ4v) is 0.860. The smallest absolute Gasteiger partial charge is 0.332 e. The van der Waals surface area contributed by atoms with E-state index in [0.717, 1.165) is 11.3 Å². The Balaban J connectivity index is 2.59. The Kier molecular flexibility index (Phi) is 3.49. The standard InChI is InChI=1S/C9H11N3O2/c1-14-8-4-2-7(3-5-8)6-11-12-9(10)13/h2-6H,1H3,(H3,10,12,13)/b11-6-. The van der Waals surface area contributed by atoms with E-state index < -0.39 is 6.03 Å². The number of ether oxygens (including phenoxy) is 1. The maximum atomic E-state index is 10.3. The number of primary amides is 1. The van der Waals surface area contributed by atoms with E-state index in [1.165, 1.54) is 6.21 Å². The number of nitrogens with two attached hydrogens (primary N) is 1. The number of hydrazone groups is 1. The number of carbonyl (C=O) groups is 1. The Bertz CT molecular complexity index is 332. The number of benzene rings is 1. The third-order valence-electron chi connectivity index (χ3n) is 1.50. The summed E-state index contributed by atoms with van der Waals surface area (Å²) in [5, 5.41) is 3.61. The summed E-state index contributed by atoms with van der Waals surface area (Å²) in [6.07, 6.45) is 1.49. The first-order valence-electron chi connectivity index (χ1n) is 3.95. The number of carbonyl (C=O) groups excluding carboxylic acids is 1. The maximum absolute atomic E-state index is 10.3. The molecule has 0 radical (unpaired) electrons. The molecule has 1 rings (SSSR count). The topological polar surface area (TPSA) is 76.7 Å². The highest BCUT2D eigenvalue weighted by Gasteiger charge is 1.90. The molecule has 0 aliphatic rings. The number of hydrogen-bond acceptors (Lipinski definition) is 3. The van der Waals surface area contributed by atoms with E-state index in [1.54, 1.807) is 19.2 Å². The van der Waals surface area contributed by atoms with Crippen LogP contribution in [0.5, 0.6) is 5.75 Å². The lowest BCUT2D eigenvalue weighted by Gasteiger charge is -1.98. The van der Waals surface area contributed by atoms with Gasteiger partial charge in [0, 0.05) is 0 Å². The third-order valence-corrected chi connectivity index (χ3v) is 1.50. The molecule has 2 amide bonds. The Hall–Kier alpha value is -2.04. The summed E-state index contributed by atoms with van der Waals surface area (Å²) in [6, 6.07) is 6.53. The molecule has 0 heterocycles. The van der Waals surface area contributed by atoms with Gasteiger partial charge in [0.1, 0.15) is 5.75 Å². The van der Waals surface area contributed by atoms with Gasteiger partial charge in [-0.2, -0.15) is 5.10 Å². The van der Waals surface area contributed by atoms with Gasteiger partial charge in [-0.1, -0.05) is 0 Å². The van der Waals surface area contributed by atoms with Crippen LogP contribution >= 0.6 is 0 Å². The zero-order valence-electron chi connectivity index (χ0n) is 7.73. The lowest BCUT2D eigenvalue weighted by molar-refractivity contribution is 0.249. The van der Waals surface area contributed by atoms with Crippen molar-refractivity contribution in [1.29, 1.82) is 0 Å². The van der Waals surface area contributed by atoms with Crippen LogP contribution < -0.4 is 15.9 Å². The van der Waals surface area contributed by atoms with E-state index in [-0.39, 0.29) is 0 Å². The van der Waals surface area contributed by atoms with E-state index >= 15 is 0 Å². The minimum atomic E-state index is -0.685. The lowest BCUT2D eigenvalue weighted by Crippen LogP contribution is -2.24. The highest BCUT2D eigenvalue weighted by Crippen LogP contribution is 2.09. The molecular formula is C9H11N3O2. The van der Waals surface area contributed by atoms with Gasteiger partial charge in [-0.25, -0.2) is 10.2 Å². The second kappa shape index (κ2) is 4.86. The molecule has 0 fully saturated rings. The minimum absolute atomic E-state index is 0.685. The molecule has 0 unspecified atom stereocenters. The second-order valence-electron chi connectivity index (χ2n) is 2.51. The molecule has 5 heteroatoms. The molecule has 14 heavy (non-hydrogen) atoms. The van der Waals surface area contributed by atoms with Crippen LogP contribution in [0.4, 0.5) is 4.79 Å². The molecule has 5 nitrogen and oxygen atoms in total. The lowest BCUT2D eigenvalue weighted by atomic mass is 10.2. The predicted octanol–water partition coefficient (Wildman–Crippen LogP) is 0.697. The van der Waals surface area contributed by atoms with Crippen molar-refractivity contribution in [3.8, 4) is 5.75 Å². The summed E-state index contributed by atoms with van der Waals surface area (Å²) < 4.78 is 4.98. The minimum Gasteiger partial charge on any atom is -0.497 e. The summed E-state index contributed by atoms with van der Waals surface area (Å²) in [5.74, 6) is 0.769. The second-order valence-corrected chi connectivity index (χ2v) is 2.51. The van der Waals surface area contributed by atoms with Crippen molar-refractivity contribution in [3.05, 3.63) is 29.8 Å². The van der Waals surface area contributed by atoms with Crippen molar-refractivity contribution in [2.45, 2.75) is 0 Å². The molecule has 0 bridgehead atoms. The van der Waals surface area contributed by atoms with Crippen molar-refractivity contribution >= 4 is 12.2 Å². The molecular weight excluding hydrogens is 182 g/mol. The Morgan fingerprint density at radius 3 is 2.64 bits per heavy atom. The predicted molar refractivity (Wildman–Crippen MR) is 53.3 cm³/mol. The van der Waals surface area contributed by atoms with Gasteiger partial charge < -0.3 is 10.5 Å². The summed E-state index contributed by atoms with van der Waals surface area (Å²) >= 11 is 0. The van der Waals surface area contributed by atoms with Crippen molar-refractivity contribution in [3.63, 3.8) is 0 Å². The monoisotopic (exact) mass is 193 g/mol. The molecule has 0 saturated carbocycles. The van der Waals surface area contributed by atoms with Crippen LogP contribution in [0.3, 0.4) is 0 Å². The molecule has 0 spiro atoms. The zero-order valence-corrected chi connectivity index (χ0v) is 7.73. The average Bonchev–Trinajstić information content (AvgIpc) is 2.18. The normalized spacial score (nSPS) is 10.1. The van der Waals surface area contributed by atoms with E-state index in [4.69, 9.17) is 10.5 Å². The quantitative estimate of drug-likeness (QED) is 0.547. The van der Waals surface area contributed by atoms with Crippen LogP contribution in [0.25, 0.3) is 0 Å². The number of hydrogen-bond donors (Lipinski definition) is 2. The maximum Gasteiger partial charge on any atom is 0.332 e. The number of nitrogens with one attached hydrogen (secondary N) is 1. The van der Waals surface area contributed by atoms with Crippen molar-refractivity contribution in [2.24, 2.45) is 10.8 Å². The van der Waals surface area contributed by atoms with Crippen LogP contribution in [0.1, 0.15) is 5.56 Å². The van der Waals surface area contributed by atoms with Crippen molar-refractivity contribution in [1.82, 2.24) is 5.43 Å². The Labute approximate surface area is 81.6 Å². The highest BCUT2D eigenvalue weighted by atomic mass is 16.5. The van der Waals surface area contributed by atoms with Gasteiger partial charge in [0.05, 0.1) is 13.3 Å². The van der Waals surface area contributed by atoms with Crippen molar-refractivity contribution in [2.75, 3.05) is 7.11 Å². The van der Waals surface area contributed by atoms with Gasteiger partial charge >= 0.3 is 6.03 Å². The fourth-order valence-electron chi connectivity index (χ4n) is 0.860. The number of amides is 2. The first-order chi connectivity index (χ1) is 6.72. The molecule has 1 aromatic rings. The highest BCUT2D eigenvalue weighted by molar-refractivity contribution is 5.81. The first-order valence-corrected chi connectivity index (χ1v) is 3.95. The molecule has 0 aromatic heterocycles. The van der Waals surface area contributed by atoms with Gasteiger partial charge in [0.15, 0.2) is 0 Å². The van der Waals surface area contributed by atoms with Gasteiger partial charge in [0.25, 0.3) is 0 Å². The number of rotatable bonds is 3. The van der Waals surface area contributed by atoms with E-state index in [0.29, 0.717) is 0 Å². The van der Waals surface area contributed by atoms with E-state index in [2.05, 4.69) is 10.5 Å². The number of nitrogens with zero attached hydrogens (tertiary/aromatic N) is 1. The van der Waals surface area contributed by atoms with Crippen LogP contribution in [-0.4, -0.2) is 19.4 Å². The van der Waals surface area contributed by atoms with Gasteiger partial charge in [-0.05, 0) is 29.8 Å². The van der Waals surface area contributed by atoms with E-state index in [1.807, 2.05) is 12.1 Å². The molecule has 3 N–H and O–H groups in total. The van der Waals surface area contributed by atoms with Gasteiger partial charge in [-0.3, -0.25) is 0 Å². The largest absolute Gasteiger partial charge is 0.497 e. The molecule has 0 aliphatic heterocycles. The Morgan fingerprint density at radius 1 is 1.50 bits per heavy atom. The van der Waals surface area contributed by atoms with Crippen LogP contribution in [-0.2, 0) is 0 Å². The molecule has 0 atom stereocenters. The van der Waals surface area contributed by atoms with Crippen LogP contribution in [0, 0.1) is 0 Å². The van der Waals surface area contributed by atoms with Crippen LogP contribution in [0.2, 0.25) is 0 Å². The van der Waals surface area contributed by atoms with Gasteiger partial charge in [-0.15, -0.1) is 0 Å².